The third-order valence-corrected chi connectivity index (χ3v) is 6.17. The molecule has 1 aromatic carbocycles. The van der Waals surface area contributed by atoms with Gasteiger partial charge in [0, 0.05) is 17.4 Å². The molecule has 166 valence electrons. The first-order valence-corrected chi connectivity index (χ1v) is 11.2. The largest absolute Gasteiger partial charge is 0.435 e. The van der Waals surface area contributed by atoms with Crippen LogP contribution < -0.4 is 5.32 Å². The fraction of sp³-hybridized carbons (Fsp3) is 0.150. The number of rotatable bonds is 6. The number of amides is 1. The first-order chi connectivity index (χ1) is 15.2. The number of carbonyl (C=O) groups is 1. The van der Waals surface area contributed by atoms with Gasteiger partial charge in [0.25, 0.3) is 5.91 Å². The molecule has 3 aromatic heterocycles. The summed E-state index contributed by atoms with van der Waals surface area (Å²) in [7, 11) is 0. The monoisotopic (exact) mass is 543 g/mol. The molecular formula is C20H14BrClF3N5OS. The van der Waals surface area contributed by atoms with Gasteiger partial charge in [0.1, 0.15) is 0 Å². The molecule has 0 aliphatic carbocycles. The molecule has 0 unspecified atom stereocenters. The molecule has 32 heavy (non-hydrogen) atoms. The topological polar surface area (TPSA) is 64.7 Å². The number of hydrogen-bond acceptors (Lipinski definition) is 4. The van der Waals surface area contributed by atoms with Crippen molar-refractivity contribution in [2.75, 3.05) is 5.32 Å². The number of halogens is 5. The van der Waals surface area contributed by atoms with Crippen LogP contribution in [-0.2, 0) is 19.3 Å². The van der Waals surface area contributed by atoms with Gasteiger partial charge in [-0.15, -0.1) is 11.3 Å². The van der Waals surface area contributed by atoms with E-state index in [2.05, 4.69) is 31.4 Å². The maximum atomic E-state index is 12.7. The van der Waals surface area contributed by atoms with Crippen molar-refractivity contribution in [2.24, 2.45) is 0 Å². The van der Waals surface area contributed by atoms with E-state index < -0.39 is 11.9 Å². The molecule has 0 spiro atoms. The van der Waals surface area contributed by atoms with E-state index in [-0.39, 0.29) is 12.5 Å². The fourth-order valence-corrected chi connectivity index (χ4v) is 4.21. The molecule has 0 radical (unpaired) electrons. The molecule has 12 heteroatoms. The highest BCUT2D eigenvalue weighted by Gasteiger charge is 2.33. The number of aromatic nitrogens is 4. The van der Waals surface area contributed by atoms with Gasteiger partial charge in [0.15, 0.2) is 11.5 Å². The van der Waals surface area contributed by atoms with Crippen LogP contribution in [0.2, 0.25) is 5.02 Å². The van der Waals surface area contributed by atoms with Crippen molar-refractivity contribution >= 4 is 50.6 Å². The van der Waals surface area contributed by atoms with E-state index in [1.54, 1.807) is 34.5 Å². The van der Waals surface area contributed by atoms with Crippen LogP contribution >= 0.6 is 38.9 Å². The smallest absolute Gasteiger partial charge is 0.303 e. The molecule has 0 atom stereocenters. The Morgan fingerprint density at radius 1 is 1.09 bits per heavy atom. The number of anilines is 1. The summed E-state index contributed by atoms with van der Waals surface area (Å²) >= 11 is 10.5. The lowest BCUT2D eigenvalue weighted by atomic mass is 10.2. The minimum Gasteiger partial charge on any atom is -0.303 e. The second kappa shape index (κ2) is 9.08. The van der Waals surface area contributed by atoms with E-state index in [1.807, 2.05) is 12.1 Å². The van der Waals surface area contributed by atoms with Gasteiger partial charge in [0.2, 0.25) is 0 Å². The van der Waals surface area contributed by atoms with Gasteiger partial charge in [-0.25, -0.2) is 0 Å². The number of benzene rings is 1. The van der Waals surface area contributed by atoms with Gasteiger partial charge in [0.05, 0.1) is 22.4 Å². The van der Waals surface area contributed by atoms with Gasteiger partial charge in [-0.1, -0.05) is 23.7 Å². The Hall–Kier alpha value is -2.63. The first kappa shape index (κ1) is 22.6. The van der Waals surface area contributed by atoms with Crippen LogP contribution in [0.3, 0.4) is 0 Å². The van der Waals surface area contributed by atoms with Crippen molar-refractivity contribution in [1.29, 1.82) is 0 Å². The van der Waals surface area contributed by atoms with E-state index in [9.17, 15) is 18.0 Å². The maximum absolute atomic E-state index is 12.7. The average Bonchev–Trinajstić information content (AvgIpc) is 3.45. The van der Waals surface area contributed by atoms with E-state index >= 15 is 0 Å². The number of hydrogen-bond donors (Lipinski definition) is 1. The third kappa shape index (κ3) is 5.40. The van der Waals surface area contributed by atoms with Crippen molar-refractivity contribution in [3.05, 3.63) is 85.4 Å². The zero-order chi connectivity index (χ0) is 22.9. The highest BCUT2D eigenvalue weighted by Crippen LogP contribution is 2.28. The molecule has 3 heterocycles. The van der Waals surface area contributed by atoms with E-state index in [0.29, 0.717) is 32.3 Å². The second-order valence-corrected chi connectivity index (χ2v) is 9.02. The Labute approximate surface area is 197 Å². The van der Waals surface area contributed by atoms with Gasteiger partial charge >= 0.3 is 6.18 Å². The summed E-state index contributed by atoms with van der Waals surface area (Å²) in [5.74, 6) is -0.00375. The highest BCUT2D eigenvalue weighted by molar-refractivity contribution is 9.10. The normalized spacial score (nSPS) is 11.7. The van der Waals surface area contributed by atoms with Crippen LogP contribution in [0.1, 0.15) is 26.5 Å². The average molecular weight is 545 g/mol. The molecule has 0 aliphatic rings. The maximum Gasteiger partial charge on any atom is 0.435 e. The van der Waals surface area contributed by atoms with Gasteiger partial charge in [-0.2, -0.15) is 23.4 Å². The lowest BCUT2D eigenvalue weighted by Crippen LogP contribution is -2.12. The first-order valence-electron chi connectivity index (χ1n) is 9.14. The molecule has 0 bridgehead atoms. The quantitative estimate of drug-likeness (QED) is 0.328. The summed E-state index contributed by atoms with van der Waals surface area (Å²) in [6.45, 7) is 0.623. The van der Waals surface area contributed by atoms with E-state index in [4.69, 9.17) is 11.6 Å². The summed E-state index contributed by atoms with van der Waals surface area (Å²) < 4.78 is 41.5. The minimum atomic E-state index is -4.49. The van der Waals surface area contributed by atoms with Gasteiger partial charge in [-0.05, 0) is 56.7 Å². The van der Waals surface area contributed by atoms with Crippen molar-refractivity contribution in [3.63, 3.8) is 0 Å². The second-order valence-electron chi connectivity index (χ2n) is 6.82. The van der Waals surface area contributed by atoms with Crippen LogP contribution in [0, 0.1) is 0 Å². The molecule has 4 aromatic rings. The van der Waals surface area contributed by atoms with Crippen LogP contribution in [0.5, 0.6) is 0 Å². The predicted molar refractivity (Wildman–Crippen MR) is 119 cm³/mol. The number of nitrogens with one attached hydrogen (secondary N) is 1. The Kier molecular flexibility index (Phi) is 6.40. The molecule has 0 saturated carbocycles. The van der Waals surface area contributed by atoms with E-state index in [0.717, 1.165) is 11.6 Å². The number of nitrogens with zero attached hydrogens (tertiary/aromatic N) is 4. The summed E-state index contributed by atoms with van der Waals surface area (Å²) in [6.07, 6.45) is -1.49. The van der Waals surface area contributed by atoms with Crippen molar-refractivity contribution in [2.45, 2.75) is 19.3 Å². The van der Waals surface area contributed by atoms with Crippen LogP contribution in [-0.4, -0.2) is 25.5 Å². The molecule has 0 saturated heterocycles. The molecule has 1 amide bonds. The Balaban J connectivity index is 1.40. The summed E-state index contributed by atoms with van der Waals surface area (Å²) in [4.78, 5) is 13.0. The molecule has 1 N–H and O–H groups in total. The number of alkyl halides is 3. The molecule has 0 fully saturated rings. The Morgan fingerprint density at radius 3 is 2.50 bits per heavy atom. The Morgan fingerprint density at radius 2 is 1.81 bits per heavy atom. The third-order valence-electron chi connectivity index (χ3n) is 4.36. The molecule has 0 aliphatic heterocycles. The highest BCUT2D eigenvalue weighted by atomic mass is 79.9. The van der Waals surface area contributed by atoms with Crippen molar-refractivity contribution < 1.29 is 18.0 Å². The molecule has 6 nitrogen and oxygen atoms in total. The summed E-state index contributed by atoms with van der Waals surface area (Å²) in [6, 6.07) is 9.89. The fourth-order valence-electron chi connectivity index (χ4n) is 2.87. The Bertz CT molecular complexity index is 1250. The SMILES string of the molecule is O=C(Nc1nn(Cc2ccc(Cl)cc2)cc1Br)c1cc(Cn2ccc(C(F)(F)F)n2)cs1. The van der Waals surface area contributed by atoms with Crippen LogP contribution in [0.4, 0.5) is 19.0 Å². The molecular weight excluding hydrogens is 531 g/mol. The standard InChI is InChI=1S/C20H14BrClF3N5OS/c21-15-10-30(8-12-1-3-14(22)4-2-12)28-18(15)26-19(31)16-7-13(11-32-16)9-29-6-5-17(27-29)20(23,24)25/h1-7,10-11H,8-9H2,(H,26,28,31). The minimum absolute atomic E-state index is 0.124. The van der Waals surface area contributed by atoms with E-state index in [1.165, 1.54) is 22.2 Å². The lowest BCUT2D eigenvalue weighted by Gasteiger charge is -2.03. The number of thiophene rings is 1. The number of carbonyl (C=O) groups excluding carboxylic acids is 1. The predicted octanol–water partition coefficient (Wildman–Crippen LogP) is 5.92. The van der Waals surface area contributed by atoms with Crippen molar-refractivity contribution in [1.82, 2.24) is 19.6 Å². The van der Waals surface area contributed by atoms with Crippen LogP contribution in [0.25, 0.3) is 0 Å². The zero-order valence-corrected chi connectivity index (χ0v) is 19.3. The summed E-state index contributed by atoms with van der Waals surface area (Å²) in [5, 5.41) is 13.0. The molecule has 4 rings (SSSR count). The zero-order valence-electron chi connectivity index (χ0n) is 16.1. The van der Waals surface area contributed by atoms with Crippen molar-refractivity contribution in [3.8, 4) is 0 Å². The van der Waals surface area contributed by atoms with Gasteiger partial charge < -0.3 is 5.32 Å². The lowest BCUT2D eigenvalue weighted by molar-refractivity contribution is -0.141. The van der Waals surface area contributed by atoms with Gasteiger partial charge in [-0.3, -0.25) is 14.2 Å². The van der Waals surface area contributed by atoms with Crippen LogP contribution in [0.15, 0.2) is 58.6 Å². The summed E-state index contributed by atoms with van der Waals surface area (Å²) in [5.41, 5.74) is 0.714.